The maximum atomic E-state index is 13.6. The highest BCUT2D eigenvalue weighted by Crippen LogP contribution is 2.45. The van der Waals surface area contributed by atoms with Gasteiger partial charge >= 0.3 is 0 Å². The summed E-state index contributed by atoms with van der Waals surface area (Å²) in [7, 11) is 1.52. The fraction of sp³-hybridized carbons (Fsp3) is 0.200. The number of ether oxygens (including phenoxy) is 2. The lowest BCUT2D eigenvalue weighted by molar-refractivity contribution is -0.132. The number of rotatable bonds is 6. The highest BCUT2D eigenvalue weighted by molar-refractivity contribution is 6.52. The fourth-order valence-corrected chi connectivity index (χ4v) is 5.13. The number of H-pyrrole nitrogens is 1. The van der Waals surface area contributed by atoms with E-state index in [0.717, 1.165) is 22.0 Å². The second-order valence-corrected chi connectivity index (χ2v) is 9.05. The van der Waals surface area contributed by atoms with Crippen LogP contribution in [-0.4, -0.2) is 35.5 Å². The molecule has 0 aliphatic carbocycles. The van der Waals surface area contributed by atoms with Crippen molar-refractivity contribution in [3.63, 3.8) is 0 Å². The SMILES string of the molecule is CCOc1ccc(N2C(=O)C(=O)/C(=C(/O)c3cc(C)cc(C)c3OC)C2c2c[nH]c3ccccc23)cc1. The minimum absolute atomic E-state index is 0.00642. The predicted molar refractivity (Wildman–Crippen MR) is 143 cm³/mol. The van der Waals surface area contributed by atoms with Crippen LogP contribution in [0.4, 0.5) is 5.69 Å². The smallest absolute Gasteiger partial charge is 0.300 e. The van der Waals surface area contributed by atoms with Crippen molar-refractivity contribution in [1.82, 2.24) is 4.98 Å². The number of Topliss-reactive ketones (excluding diaryl/α,β-unsaturated/α-hetero) is 1. The number of aromatic nitrogens is 1. The summed E-state index contributed by atoms with van der Waals surface area (Å²) >= 11 is 0. The number of carbonyl (C=O) groups excluding carboxylic acids is 2. The quantitative estimate of drug-likeness (QED) is 0.199. The van der Waals surface area contributed by atoms with Gasteiger partial charge in [0.1, 0.15) is 17.3 Å². The molecular formula is C30H28N2O5. The Hall–Kier alpha value is -4.52. The topological polar surface area (TPSA) is 91.9 Å². The molecule has 1 saturated heterocycles. The van der Waals surface area contributed by atoms with Gasteiger partial charge < -0.3 is 19.6 Å². The zero-order valence-electron chi connectivity index (χ0n) is 21.2. The average molecular weight is 497 g/mol. The molecule has 2 N–H and O–H groups in total. The number of carbonyl (C=O) groups is 2. The van der Waals surface area contributed by atoms with Crippen molar-refractivity contribution in [3.05, 3.63) is 94.7 Å². The lowest BCUT2D eigenvalue weighted by Crippen LogP contribution is -2.29. The normalized spacial score (nSPS) is 17.0. The Kier molecular flexibility index (Phi) is 6.21. The fourth-order valence-electron chi connectivity index (χ4n) is 5.13. The third-order valence-electron chi connectivity index (χ3n) is 6.66. The standard InChI is InChI=1S/C30H28N2O5/c1-5-37-20-12-10-19(11-13-20)32-26(23-16-31-24-9-7-6-8-21(23)24)25(28(34)30(32)35)27(33)22-15-17(2)14-18(3)29(22)36-4/h6-16,26,31,33H,5H2,1-4H3/b27-25+. The summed E-state index contributed by atoms with van der Waals surface area (Å²) in [6, 6.07) is 17.5. The minimum atomic E-state index is -0.861. The van der Waals surface area contributed by atoms with Gasteiger partial charge in [0.2, 0.25) is 0 Å². The Labute approximate surface area is 214 Å². The summed E-state index contributed by atoms with van der Waals surface area (Å²) in [6.07, 6.45) is 1.79. The first-order valence-corrected chi connectivity index (χ1v) is 12.1. The van der Waals surface area contributed by atoms with Gasteiger partial charge in [0.15, 0.2) is 0 Å². The van der Waals surface area contributed by atoms with E-state index in [1.165, 1.54) is 12.0 Å². The number of anilines is 1. The van der Waals surface area contributed by atoms with E-state index in [9.17, 15) is 14.7 Å². The number of para-hydroxylation sites is 1. The summed E-state index contributed by atoms with van der Waals surface area (Å²) in [6.45, 7) is 6.18. The molecule has 37 heavy (non-hydrogen) atoms. The minimum Gasteiger partial charge on any atom is -0.507 e. The van der Waals surface area contributed by atoms with E-state index in [-0.39, 0.29) is 11.3 Å². The zero-order valence-corrected chi connectivity index (χ0v) is 21.2. The van der Waals surface area contributed by atoms with Crippen molar-refractivity contribution >= 4 is 34.0 Å². The van der Waals surface area contributed by atoms with Gasteiger partial charge in [-0.15, -0.1) is 0 Å². The summed E-state index contributed by atoms with van der Waals surface area (Å²) in [5.41, 5.74) is 4.17. The van der Waals surface area contributed by atoms with Crippen LogP contribution in [0.3, 0.4) is 0 Å². The molecule has 1 aliphatic rings. The van der Waals surface area contributed by atoms with Crippen molar-refractivity contribution in [2.45, 2.75) is 26.8 Å². The third-order valence-corrected chi connectivity index (χ3v) is 6.66. The number of benzene rings is 3. The zero-order chi connectivity index (χ0) is 26.3. The number of methoxy groups -OCH3 is 1. The molecule has 0 radical (unpaired) electrons. The van der Waals surface area contributed by atoms with Gasteiger partial charge in [0.05, 0.1) is 30.9 Å². The van der Waals surface area contributed by atoms with Crippen LogP contribution in [0.1, 0.15) is 35.2 Å². The molecule has 0 bridgehead atoms. The Balaban J connectivity index is 1.77. The number of aliphatic hydroxyl groups excluding tert-OH is 1. The summed E-state index contributed by atoms with van der Waals surface area (Å²) in [5.74, 6) is -0.641. The Morgan fingerprint density at radius 1 is 1.05 bits per heavy atom. The monoisotopic (exact) mass is 496 g/mol. The number of amides is 1. The van der Waals surface area contributed by atoms with Crippen LogP contribution in [-0.2, 0) is 9.59 Å². The first-order valence-electron chi connectivity index (χ1n) is 12.1. The highest BCUT2D eigenvalue weighted by atomic mass is 16.5. The molecule has 1 aromatic heterocycles. The van der Waals surface area contributed by atoms with Crippen molar-refractivity contribution < 1.29 is 24.2 Å². The predicted octanol–water partition coefficient (Wildman–Crippen LogP) is 5.82. The molecule has 3 aromatic carbocycles. The molecule has 4 aromatic rings. The van der Waals surface area contributed by atoms with E-state index < -0.39 is 17.7 Å². The van der Waals surface area contributed by atoms with Gasteiger partial charge in [0.25, 0.3) is 11.7 Å². The van der Waals surface area contributed by atoms with Gasteiger partial charge in [-0.3, -0.25) is 14.5 Å². The van der Waals surface area contributed by atoms with Gasteiger partial charge in [-0.25, -0.2) is 0 Å². The number of fused-ring (bicyclic) bond motifs is 1. The Bertz CT molecular complexity index is 1550. The number of nitrogens with zero attached hydrogens (tertiary/aromatic N) is 1. The number of ketones is 1. The number of hydrogen-bond acceptors (Lipinski definition) is 5. The number of aliphatic hydroxyl groups is 1. The van der Waals surface area contributed by atoms with E-state index in [2.05, 4.69) is 4.98 Å². The van der Waals surface area contributed by atoms with Crippen molar-refractivity contribution in [3.8, 4) is 11.5 Å². The van der Waals surface area contributed by atoms with E-state index in [1.54, 1.807) is 36.5 Å². The molecule has 1 unspecified atom stereocenters. The Morgan fingerprint density at radius 2 is 1.78 bits per heavy atom. The molecule has 1 fully saturated rings. The Morgan fingerprint density at radius 3 is 2.49 bits per heavy atom. The maximum Gasteiger partial charge on any atom is 0.300 e. The van der Waals surface area contributed by atoms with Gasteiger partial charge in [-0.05, 0) is 68.3 Å². The van der Waals surface area contributed by atoms with Gasteiger partial charge in [-0.1, -0.05) is 24.3 Å². The molecule has 1 aliphatic heterocycles. The van der Waals surface area contributed by atoms with Crippen LogP contribution in [0.2, 0.25) is 0 Å². The van der Waals surface area contributed by atoms with E-state index in [4.69, 9.17) is 9.47 Å². The van der Waals surface area contributed by atoms with E-state index in [1.807, 2.05) is 51.1 Å². The first kappa shape index (κ1) is 24.2. The summed E-state index contributed by atoms with van der Waals surface area (Å²) < 4.78 is 11.1. The largest absolute Gasteiger partial charge is 0.507 e. The molecule has 5 rings (SSSR count). The number of aryl methyl sites for hydroxylation is 2. The first-order chi connectivity index (χ1) is 17.8. The van der Waals surface area contributed by atoms with Crippen molar-refractivity contribution in [2.75, 3.05) is 18.6 Å². The summed E-state index contributed by atoms with van der Waals surface area (Å²) in [4.78, 5) is 31.8. The van der Waals surface area contributed by atoms with Crippen LogP contribution >= 0.6 is 0 Å². The van der Waals surface area contributed by atoms with E-state index >= 15 is 0 Å². The molecule has 7 heteroatoms. The van der Waals surface area contributed by atoms with Crippen LogP contribution in [0.15, 0.2) is 72.4 Å². The second kappa shape index (κ2) is 9.50. The number of aromatic amines is 1. The molecular weight excluding hydrogens is 468 g/mol. The molecule has 188 valence electrons. The second-order valence-electron chi connectivity index (χ2n) is 9.05. The average Bonchev–Trinajstić information content (AvgIpc) is 3.42. The molecule has 1 amide bonds. The van der Waals surface area contributed by atoms with Crippen LogP contribution in [0.5, 0.6) is 11.5 Å². The van der Waals surface area contributed by atoms with Crippen LogP contribution < -0.4 is 14.4 Å². The van der Waals surface area contributed by atoms with Crippen molar-refractivity contribution in [1.29, 1.82) is 0 Å². The number of hydrogen-bond donors (Lipinski definition) is 2. The maximum absolute atomic E-state index is 13.6. The lowest BCUT2D eigenvalue weighted by atomic mass is 9.93. The molecule has 2 heterocycles. The van der Waals surface area contributed by atoms with Crippen molar-refractivity contribution in [2.24, 2.45) is 0 Å². The van der Waals surface area contributed by atoms with Crippen LogP contribution in [0.25, 0.3) is 16.7 Å². The molecule has 1 atom stereocenters. The van der Waals surface area contributed by atoms with Gasteiger partial charge in [0, 0.05) is 28.4 Å². The third kappa shape index (κ3) is 4.02. The lowest BCUT2D eigenvalue weighted by Gasteiger charge is -2.25. The van der Waals surface area contributed by atoms with Gasteiger partial charge in [-0.2, -0.15) is 0 Å². The van der Waals surface area contributed by atoms with E-state index in [0.29, 0.717) is 34.9 Å². The summed E-state index contributed by atoms with van der Waals surface area (Å²) in [5, 5.41) is 12.5. The highest BCUT2D eigenvalue weighted by Gasteiger charge is 2.48. The van der Waals surface area contributed by atoms with Crippen LogP contribution in [0, 0.1) is 13.8 Å². The number of nitrogens with one attached hydrogen (secondary N) is 1. The molecule has 0 spiro atoms. The molecule has 7 nitrogen and oxygen atoms in total. The molecule has 0 saturated carbocycles.